The Kier molecular flexibility index (Phi) is 8.81. The number of hydrogen-bond donors (Lipinski definition) is 1. The van der Waals surface area contributed by atoms with Crippen molar-refractivity contribution < 1.29 is 38.3 Å². The van der Waals surface area contributed by atoms with E-state index in [9.17, 15) is 24.5 Å². The Labute approximate surface area is 251 Å². The summed E-state index contributed by atoms with van der Waals surface area (Å²) in [6, 6.07) is 9.68. The Balaban J connectivity index is 1.27. The van der Waals surface area contributed by atoms with Crippen LogP contribution in [0.15, 0.2) is 36.4 Å². The average Bonchev–Trinajstić information content (AvgIpc) is 3.58. The van der Waals surface area contributed by atoms with Gasteiger partial charge >= 0.3 is 11.9 Å². The van der Waals surface area contributed by atoms with Crippen LogP contribution < -0.4 is 19.7 Å². The molecule has 226 valence electrons. The smallest absolute Gasteiger partial charge is 0.341 e. The number of fused-ring (bicyclic) bond motifs is 1. The van der Waals surface area contributed by atoms with E-state index in [1.807, 2.05) is 24.0 Å². The van der Waals surface area contributed by atoms with E-state index in [2.05, 4.69) is 12.2 Å². The number of nitrogens with one attached hydrogen (secondary N) is 1. The number of nitro benzene ring substituents is 1. The first-order chi connectivity index (χ1) is 20.6. The van der Waals surface area contributed by atoms with E-state index in [0.717, 1.165) is 23.3 Å². The molecule has 1 saturated heterocycles. The number of ether oxygens (including phenoxy) is 4. The van der Waals surface area contributed by atoms with Gasteiger partial charge in [0.2, 0.25) is 6.79 Å². The summed E-state index contributed by atoms with van der Waals surface area (Å²) >= 11 is 1.20. The number of rotatable bonds is 9. The SMILES string of the molecule is COC(=O)c1c(NC(=O)COC(=O)c2ccc(N3CCCC(C)C3)c([N+](=O)[O-])c2)sc(C)c1Cc1ccc2c(c1)OCO2. The van der Waals surface area contributed by atoms with Crippen molar-refractivity contribution in [2.75, 3.05) is 43.8 Å². The van der Waals surface area contributed by atoms with E-state index in [4.69, 9.17) is 18.9 Å². The second-order valence-corrected chi connectivity index (χ2v) is 11.7. The predicted molar refractivity (Wildman–Crippen MR) is 158 cm³/mol. The first kappa shape index (κ1) is 29.8. The van der Waals surface area contributed by atoms with Crippen molar-refractivity contribution in [3.8, 4) is 11.5 Å². The van der Waals surface area contributed by atoms with E-state index in [-0.39, 0.29) is 28.6 Å². The van der Waals surface area contributed by atoms with Crippen molar-refractivity contribution in [1.82, 2.24) is 0 Å². The maximum atomic E-state index is 12.8. The number of esters is 2. The Morgan fingerprint density at radius 2 is 1.93 bits per heavy atom. The van der Waals surface area contributed by atoms with Crippen LogP contribution in [0.5, 0.6) is 11.5 Å². The number of nitro groups is 1. The molecule has 0 saturated carbocycles. The van der Waals surface area contributed by atoms with E-state index in [1.54, 1.807) is 12.1 Å². The molecule has 1 N–H and O–H groups in total. The van der Waals surface area contributed by atoms with Gasteiger partial charge in [0.05, 0.1) is 23.2 Å². The molecular weight excluding hydrogens is 578 g/mol. The lowest BCUT2D eigenvalue weighted by Gasteiger charge is -2.32. The molecule has 0 spiro atoms. The summed E-state index contributed by atoms with van der Waals surface area (Å²) in [7, 11) is 1.25. The molecule has 3 aromatic rings. The summed E-state index contributed by atoms with van der Waals surface area (Å²) < 4.78 is 21.0. The molecule has 0 radical (unpaired) electrons. The molecule has 2 aliphatic rings. The first-order valence-electron chi connectivity index (χ1n) is 13.7. The number of hydrogen-bond acceptors (Lipinski definition) is 11. The molecule has 0 bridgehead atoms. The highest BCUT2D eigenvalue weighted by Gasteiger charge is 2.27. The van der Waals surface area contributed by atoms with Crippen LogP contribution in [-0.2, 0) is 20.7 Å². The second kappa shape index (κ2) is 12.7. The quantitative estimate of drug-likeness (QED) is 0.197. The standard InChI is InChI=1S/C30H31N3O9S/c1-17-5-4-10-32(14-17)22-8-7-20(13-23(22)33(37)38)29(35)40-15-26(34)31-28-27(30(36)39-3)21(18(2)43-28)11-19-6-9-24-25(12-19)42-16-41-24/h6-9,12-13,17H,4-5,10-11,14-16H2,1-3H3,(H,31,34). The fourth-order valence-corrected chi connectivity index (χ4v) is 6.38. The third kappa shape index (κ3) is 6.56. The molecule has 1 aromatic heterocycles. The average molecular weight is 610 g/mol. The molecule has 2 aliphatic heterocycles. The van der Waals surface area contributed by atoms with Gasteiger partial charge in [-0.05, 0) is 67.5 Å². The lowest BCUT2D eigenvalue weighted by molar-refractivity contribution is -0.384. The Morgan fingerprint density at radius 3 is 2.67 bits per heavy atom. The van der Waals surface area contributed by atoms with E-state index in [0.29, 0.717) is 48.2 Å². The van der Waals surface area contributed by atoms with Crippen LogP contribution in [0.25, 0.3) is 0 Å². The van der Waals surface area contributed by atoms with Gasteiger partial charge < -0.3 is 29.2 Å². The Bertz CT molecular complexity index is 1580. The summed E-state index contributed by atoms with van der Waals surface area (Å²) in [5.74, 6) is -0.519. The second-order valence-electron chi connectivity index (χ2n) is 10.5. The van der Waals surface area contributed by atoms with Gasteiger partial charge in [0.1, 0.15) is 10.7 Å². The maximum absolute atomic E-state index is 12.8. The highest BCUT2D eigenvalue weighted by molar-refractivity contribution is 7.16. The zero-order valence-corrected chi connectivity index (χ0v) is 24.8. The van der Waals surface area contributed by atoms with Gasteiger partial charge in [0, 0.05) is 24.0 Å². The molecule has 1 unspecified atom stereocenters. The molecule has 1 fully saturated rings. The molecule has 12 nitrogen and oxygen atoms in total. The third-order valence-corrected chi connectivity index (χ3v) is 8.47. The Morgan fingerprint density at radius 1 is 1.14 bits per heavy atom. The summed E-state index contributed by atoms with van der Waals surface area (Å²) in [4.78, 5) is 52.4. The number of piperidine rings is 1. The molecule has 2 aromatic carbocycles. The van der Waals surface area contributed by atoms with Crippen molar-refractivity contribution in [2.24, 2.45) is 5.92 Å². The number of anilines is 2. The molecule has 13 heteroatoms. The van der Waals surface area contributed by atoms with Gasteiger partial charge in [-0.1, -0.05) is 13.0 Å². The van der Waals surface area contributed by atoms with Crippen molar-refractivity contribution >= 4 is 45.6 Å². The van der Waals surface area contributed by atoms with Crippen molar-refractivity contribution in [3.63, 3.8) is 0 Å². The van der Waals surface area contributed by atoms with Crippen LogP contribution in [0, 0.1) is 23.0 Å². The normalized spacial score (nSPS) is 15.6. The maximum Gasteiger partial charge on any atom is 0.341 e. The molecule has 3 heterocycles. The van der Waals surface area contributed by atoms with Crippen molar-refractivity contribution in [2.45, 2.75) is 33.1 Å². The summed E-state index contributed by atoms with van der Waals surface area (Å²) in [6.45, 7) is 4.80. The molecule has 0 aliphatic carbocycles. The van der Waals surface area contributed by atoms with Gasteiger partial charge in [-0.3, -0.25) is 14.9 Å². The molecular formula is C30H31N3O9S. The van der Waals surface area contributed by atoms with Crippen LogP contribution >= 0.6 is 11.3 Å². The lowest BCUT2D eigenvalue weighted by atomic mass is 9.99. The summed E-state index contributed by atoms with van der Waals surface area (Å²) in [5.41, 5.74) is 1.98. The molecule has 1 atom stereocenters. The number of nitrogens with zero attached hydrogens (tertiary/aromatic N) is 2. The fourth-order valence-electron chi connectivity index (χ4n) is 5.30. The molecule has 1 amide bonds. The van der Waals surface area contributed by atoms with Crippen LogP contribution in [0.1, 0.15) is 56.5 Å². The Hall–Kier alpha value is -4.65. The monoisotopic (exact) mass is 609 g/mol. The lowest BCUT2D eigenvalue weighted by Crippen LogP contribution is -2.34. The number of benzene rings is 2. The van der Waals surface area contributed by atoms with Crippen LogP contribution in [0.3, 0.4) is 0 Å². The predicted octanol–water partition coefficient (Wildman–Crippen LogP) is 5.10. The highest BCUT2D eigenvalue weighted by atomic mass is 32.1. The number of carbonyl (C=O) groups is 3. The number of carbonyl (C=O) groups excluding carboxylic acids is 3. The van der Waals surface area contributed by atoms with Crippen molar-refractivity contribution in [1.29, 1.82) is 0 Å². The van der Waals surface area contributed by atoms with Gasteiger partial charge in [0.15, 0.2) is 18.1 Å². The summed E-state index contributed by atoms with van der Waals surface area (Å²) in [6.07, 6.45) is 2.36. The minimum Gasteiger partial charge on any atom is -0.465 e. The van der Waals surface area contributed by atoms with Gasteiger partial charge in [0.25, 0.3) is 11.6 Å². The number of thiophene rings is 1. The van der Waals surface area contributed by atoms with Crippen LogP contribution in [-0.4, -0.2) is 56.4 Å². The minimum atomic E-state index is -0.879. The van der Waals surface area contributed by atoms with Crippen LogP contribution in [0.4, 0.5) is 16.4 Å². The zero-order chi connectivity index (χ0) is 30.7. The fraction of sp³-hybridized carbons (Fsp3) is 0.367. The number of methoxy groups -OCH3 is 1. The van der Waals surface area contributed by atoms with Gasteiger partial charge in [-0.15, -0.1) is 11.3 Å². The van der Waals surface area contributed by atoms with Gasteiger partial charge in [-0.25, -0.2) is 9.59 Å². The summed E-state index contributed by atoms with van der Waals surface area (Å²) in [5, 5.41) is 14.7. The first-order valence-corrected chi connectivity index (χ1v) is 14.6. The largest absolute Gasteiger partial charge is 0.465 e. The van der Waals surface area contributed by atoms with E-state index >= 15 is 0 Å². The van der Waals surface area contributed by atoms with E-state index in [1.165, 1.54) is 30.6 Å². The molecule has 43 heavy (non-hydrogen) atoms. The molecule has 5 rings (SSSR count). The van der Waals surface area contributed by atoms with Gasteiger partial charge in [-0.2, -0.15) is 0 Å². The van der Waals surface area contributed by atoms with Crippen molar-refractivity contribution in [3.05, 3.63) is 73.6 Å². The third-order valence-electron chi connectivity index (χ3n) is 7.41. The van der Waals surface area contributed by atoms with Crippen LogP contribution in [0.2, 0.25) is 0 Å². The van der Waals surface area contributed by atoms with E-state index < -0.39 is 29.4 Å². The number of aryl methyl sites for hydroxylation is 1. The number of amides is 1. The topological polar surface area (TPSA) is 147 Å². The highest BCUT2D eigenvalue weighted by Crippen LogP contribution is 2.38. The minimum absolute atomic E-state index is 0.0402. The zero-order valence-electron chi connectivity index (χ0n) is 24.0.